The molecule has 3 aromatic rings. The summed E-state index contributed by atoms with van der Waals surface area (Å²) in [5, 5.41) is 6.33. The quantitative estimate of drug-likeness (QED) is 0.333. The van der Waals surface area contributed by atoms with Crippen molar-refractivity contribution in [3.63, 3.8) is 0 Å². The number of carbonyl (C=O) groups excluding carboxylic acids is 2. The Kier molecular flexibility index (Phi) is 7.63. The van der Waals surface area contributed by atoms with Gasteiger partial charge >= 0.3 is 5.97 Å². The van der Waals surface area contributed by atoms with Gasteiger partial charge in [0, 0.05) is 11.6 Å². The standard InChI is InChI=1S/C31H31N3O5/c1-37-23-14-10-20(11-15-23)18-22-6-5-8-26-29(22)33-34(30(26)21-12-16-24(38-2)17-13-21)28(35)19-39-31(36)25-7-3-4-9-27(25)32/h3-4,7,9-18,26,30H,5-6,8,19,32H2,1-2H3. The summed E-state index contributed by atoms with van der Waals surface area (Å²) in [6, 6.07) is 21.8. The highest BCUT2D eigenvalue weighted by Crippen LogP contribution is 2.44. The summed E-state index contributed by atoms with van der Waals surface area (Å²) in [4.78, 5) is 26.1. The highest BCUT2D eigenvalue weighted by atomic mass is 16.5. The molecule has 0 saturated heterocycles. The van der Waals surface area contributed by atoms with Crippen molar-refractivity contribution in [2.24, 2.45) is 11.0 Å². The average Bonchev–Trinajstić information content (AvgIpc) is 3.37. The molecule has 2 aliphatic rings. The molecular weight excluding hydrogens is 494 g/mol. The SMILES string of the molecule is COc1ccc(C=C2CCCC3C2=NN(C(=O)COC(=O)c2ccccc2N)C3c2ccc(OC)cc2)cc1. The van der Waals surface area contributed by atoms with Crippen molar-refractivity contribution < 1.29 is 23.8 Å². The van der Waals surface area contributed by atoms with Crippen LogP contribution in [-0.2, 0) is 9.53 Å². The molecule has 0 spiro atoms. The fraction of sp³-hybridized carbons (Fsp3) is 0.258. The summed E-state index contributed by atoms with van der Waals surface area (Å²) >= 11 is 0. The Morgan fingerprint density at radius 1 is 0.974 bits per heavy atom. The number of nitrogen functional groups attached to an aromatic ring is 1. The van der Waals surface area contributed by atoms with E-state index in [1.165, 1.54) is 5.01 Å². The summed E-state index contributed by atoms with van der Waals surface area (Å²) in [5.74, 6) is 0.492. The highest BCUT2D eigenvalue weighted by Gasteiger charge is 2.43. The zero-order valence-electron chi connectivity index (χ0n) is 22.0. The second kappa shape index (κ2) is 11.4. The first kappa shape index (κ1) is 26.0. The Balaban J connectivity index is 1.44. The van der Waals surface area contributed by atoms with Crippen molar-refractivity contribution in [2.75, 3.05) is 26.6 Å². The smallest absolute Gasteiger partial charge is 0.340 e. The number of carbonyl (C=O) groups is 2. The van der Waals surface area contributed by atoms with E-state index in [4.69, 9.17) is 25.0 Å². The first-order valence-electron chi connectivity index (χ1n) is 12.9. The van der Waals surface area contributed by atoms with E-state index in [1.54, 1.807) is 38.5 Å². The Bertz CT molecular complexity index is 1410. The molecule has 2 atom stereocenters. The van der Waals surface area contributed by atoms with Crippen molar-refractivity contribution in [1.29, 1.82) is 0 Å². The van der Waals surface area contributed by atoms with E-state index in [-0.39, 0.29) is 17.5 Å². The molecule has 8 nitrogen and oxygen atoms in total. The van der Waals surface area contributed by atoms with Crippen LogP contribution in [0.25, 0.3) is 6.08 Å². The van der Waals surface area contributed by atoms with Crippen LogP contribution in [0.4, 0.5) is 5.69 Å². The fourth-order valence-electron chi connectivity index (χ4n) is 5.20. The number of hydrogen-bond acceptors (Lipinski definition) is 7. The van der Waals surface area contributed by atoms with Crippen LogP contribution >= 0.6 is 0 Å². The summed E-state index contributed by atoms with van der Waals surface area (Å²) < 4.78 is 16.0. The fourth-order valence-corrected chi connectivity index (χ4v) is 5.20. The van der Waals surface area contributed by atoms with Gasteiger partial charge < -0.3 is 19.9 Å². The number of rotatable bonds is 7. The van der Waals surface area contributed by atoms with Gasteiger partial charge in [0.2, 0.25) is 0 Å². The first-order valence-corrected chi connectivity index (χ1v) is 12.9. The number of hydrazone groups is 1. The van der Waals surface area contributed by atoms with Crippen molar-refractivity contribution in [1.82, 2.24) is 5.01 Å². The third-order valence-corrected chi connectivity index (χ3v) is 7.18. The molecule has 200 valence electrons. The van der Waals surface area contributed by atoms with Gasteiger partial charge in [-0.3, -0.25) is 4.79 Å². The van der Waals surface area contributed by atoms with Crippen molar-refractivity contribution in [3.8, 4) is 11.5 Å². The van der Waals surface area contributed by atoms with Crippen LogP contribution in [0.15, 0.2) is 83.5 Å². The van der Waals surface area contributed by atoms with E-state index in [0.29, 0.717) is 5.69 Å². The second-order valence-corrected chi connectivity index (χ2v) is 9.55. The van der Waals surface area contributed by atoms with Crippen molar-refractivity contribution in [2.45, 2.75) is 25.3 Å². The largest absolute Gasteiger partial charge is 0.497 e. The number of allylic oxidation sites excluding steroid dienone is 1. The Morgan fingerprint density at radius 2 is 1.64 bits per heavy atom. The van der Waals surface area contributed by atoms with E-state index in [9.17, 15) is 9.59 Å². The number of esters is 1. The molecule has 1 heterocycles. The number of benzene rings is 3. The van der Waals surface area contributed by atoms with Gasteiger partial charge in [-0.1, -0.05) is 36.4 Å². The van der Waals surface area contributed by atoms with Crippen LogP contribution in [0, 0.1) is 5.92 Å². The first-order chi connectivity index (χ1) is 19.0. The van der Waals surface area contributed by atoms with Crippen molar-refractivity contribution in [3.05, 3.63) is 95.1 Å². The summed E-state index contributed by atoms with van der Waals surface area (Å²) in [7, 11) is 3.26. The Hall–Kier alpha value is -4.59. The lowest BCUT2D eigenvalue weighted by Gasteiger charge is -2.29. The molecule has 0 bridgehead atoms. The van der Waals surface area contributed by atoms with E-state index in [0.717, 1.165) is 53.2 Å². The lowest BCUT2D eigenvalue weighted by molar-refractivity contribution is -0.137. The molecule has 8 heteroatoms. The molecule has 0 radical (unpaired) electrons. The minimum absolute atomic E-state index is 0.0149. The zero-order chi connectivity index (χ0) is 27.4. The van der Waals surface area contributed by atoms with E-state index in [2.05, 4.69) is 6.08 Å². The Morgan fingerprint density at radius 3 is 2.31 bits per heavy atom. The number of nitrogens with zero attached hydrogens (tertiary/aromatic N) is 2. The maximum Gasteiger partial charge on any atom is 0.340 e. The number of methoxy groups -OCH3 is 2. The zero-order valence-corrected chi connectivity index (χ0v) is 22.0. The topological polar surface area (TPSA) is 103 Å². The molecule has 3 aromatic carbocycles. The minimum Gasteiger partial charge on any atom is -0.497 e. The predicted octanol–water partition coefficient (Wildman–Crippen LogP) is 5.27. The molecule has 1 saturated carbocycles. The normalized spacial score (nSPS) is 19.3. The van der Waals surface area contributed by atoms with E-state index >= 15 is 0 Å². The van der Waals surface area contributed by atoms with Crippen LogP contribution in [-0.4, -0.2) is 43.4 Å². The van der Waals surface area contributed by atoms with Crippen LogP contribution in [0.5, 0.6) is 11.5 Å². The molecule has 1 aliphatic heterocycles. The molecule has 1 aliphatic carbocycles. The van der Waals surface area contributed by atoms with Gasteiger partial charge in [-0.15, -0.1) is 0 Å². The molecule has 0 aromatic heterocycles. The minimum atomic E-state index is -0.646. The Labute approximate surface area is 227 Å². The molecule has 5 rings (SSSR count). The lowest BCUT2D eigenvalue weighted by atomic mass is 9.77. The van der Waals surface area contributed by atoms with Crippen molar-refractivity contribution >= 4 is 29.4 Å². The van der Waals surface area contributed by atoms with Gasteiger partial charge in [-0.2, -0.15) is 5.10 Å². The lowest BCUT2D eigenvalue weighted by Crippen LogP contribution is -2.34. The van der Waals surface area contributed by atoms with Gasteiger partial charge in [0.05, 0.1) is 31.5 Å². The third-order valence-electron chi connectivity index (χ3n) is 7.18. The summed E-state index contributed by atoms with van der Waals surface area (Å²) in [6.45, 7) is -0.444. The monoisotopic (exact) mass is 525 g/mol. The number of nitrogens with two attached hydrogens (primary N) is 1. The summed E-state index contributed by atoms with van der Waals surface area (Å²) in [6.07, 6.45) is 4.85. The number of amides is 1. The van der Waals surface area contributed by atoms with Gasteiger partial charge in [0.15, 0.2) is 6.61 Å². The second-order valence-electron chi connectivity index (χ2n) is 9.55. The van der Waals surface area contributed by atoms with Crippen LogP contribution in [0.1, 0.15) is 46.8 Å². The highest BCUT2D eigenvalue weighted by molar-refractivity contribution is 6.08. The molecule has 2 unspecified atom stereocenters. The number of hydrogen-bond donors (Lipinski definition) is 1. The maximum atomic E-state index is 13.5. The van der Waals surface area contributed by atoms with E-state index < -0.39 is 18.5 Å². The third kappa shape index (κ3) is 5.50. The average molecular weight is 526 g/mol. The van der Waals surface area contributed by atoms with Gasteiger partial charge in [0.1, 0.15) is 11.5 Å². The number of para-hydroxylation sites is 1. The summed E-state index contributed by atoms with van der Waals surface area (Å²) in [5.41, 5.74) is 10.4. The maximum absolute atomic E-state index is 13.5. The van der Waals surface area contributed by atoms with Gasteiger partial charge in [-0.25, -0.2) is 9.80 Å². The van der Waals surface area contributed by atoms with E-state index in [1.807, 2.05) is 48.5 Å². The number of anilines is 1. The van der Waals surface area contributed by atoms with Gasteiger partial charge in [0.25, 0.3) is 5.91 Å². The molecule has 2 N–H and O–H groups in total. The van der Waals surface area contributed by atoms with Crippen LogP contribution in [0.3, 0.4) is 0 Å². The molecule has 1 fully saturated rings. The number of fused-ring (bicyclic) bond motifs is 1. The van der Waals surface area contributed by atoms with Crippen LogP contribution in [0.2, 0.25) is 0 Å². The van der Waals surface area contributed by atoms with Gasteiger partial charge in [-0.05, 0) is 78.4 Å². The number of ether oxygens (including phenoxy) is 3. The predicted molar refractivity (Wildman–Crippen MR) is 149 cm³/mol. The molecular formula is C31H31N3O5. The molecule has 1 amide bonds. The van der Waals surface area contributed by atoms with Crippen LogP contribution < -0.4 is 15.2 Å². The molecule has 39 heavy (non-hydrogen) atoms.